The summed E-state index contributed by atoms with van der Waals surface area (Å²) in [6, 6.07) is 0. The SMILES string of the molecule is C=C(C)C(=O)OC(C)C(=O)OC1CSCCCO1. The molecule has 1 aliphatic rings. The zero-order chi connectivity index (χ0) is 13.5. The minimum atomic E-state index is -0.953. The van der Waals surface area contributed by atoms with Gasteiger partial charge in [-0.05, 0) is 26.0 Å². The predicted molar refractivity (Wildman–Crippen MR) is 68.1 cm³/mol. The molecule has 0 N–H and O–H groups in total. The molecule has 0 amide bonds. The fourth-order valence-electron chi connectivity index (χ4n) is 1.21. The second kappa shape index (κ2) is 7.43. The lowest BCUT2D eigenvalue weighted by molar-refractivity contribution is -0.186. The lowest BCUT2D eigenvalue weighted by atomic mass is 10.3. The summed E-state index contributed by atoms with van der Waals surface area (Å²) >= 11 is 1.67. The molecule has 2 unspecified atom stereocenters. The van der Waals surface area contributed by atoms with Gasteiger partial charge in [0.25, 0.3) is 0 Å². The second-order valence-corrected chi connectivity index (χ2v) is 5.14. The summed E-state index contributed by atoms with van der Waals surface area (Å²) in [5.74, 6) is 0.397. The van der Waals surface area contributed by atoms with E-state index in [2.05, 4.69) is 6.58 Å². The lowest BCUT2D eigenvalue weighted by Gasteiger charge is -2.18. The first kappa shape index (κ1) is 15.0. The molecule has 1 rings (SSSR count). The van der Waals surface area contributed by atoms with Crippen LogP contribution in [0.2, 0.25) is 0 Å². The van der Waals surface area contributed by atoms with E-state index in [0.29, 0.717) is 12.4 Å². The van der Waals surface area contributed by atoms with Crippen molar-refractivity contribution in [1.82, 2.24) is 0 Å². The van der Waals surface area contributed by atoms with Crippen molar-refractivity contribution in [2.24, 2.45) is 0 Å². The van der Waals surface area contributed by atoms with Crippen molar-refractivity contribution in [2.45, 2.75) is 32.7 Å². The number of hydrogen-bond donors (Lipinski definition) is 0. The average molecular weight is 274 g/mol. The minimum Gasteiger partial charge on any atom is -0.447 e. The highest BCUT2D eigenvalue weighted by Gasteiger charge is 2.24. The van der Waals surface area contributed by atoms with Gasteiger partial charge >= 0.3 is 11.9 Å². The number of hydrogen-bond acceptors (Lipinski definition) is 6. The van der Waals surface area contributed by atoms with Crippen molar-refractivity contribution in [3.63, 3.8) is 0 Å². The van der Waals surface area contributed by atoms with Crippen LogP contribution >= 0.6 is 11.8 Å². The van der Waals surface area contributed by atoms with E-state index in [1.54, 1.807) is 11.8 Å². The van der Waals surface area contributed by atoms with Gasteiger partial charge in [-0.1, -0.05) is 6.58 Å². The van der Waals surface area contributed by atoms with E-state index in [0.717, 1.165) is 12.2 Å². The summed E-state index contributed by atoms with van der Waals surface area (Å²) in [5.41, 5.74) is 0.246. The third kappa shape index (κ3) is 5.10. The van der Waals surface area contributed by atoms with E-state index in [1.807, 2.05) is 0 Å². The first-order valence-corrected chi connectivity index (χ1v) is 6.92. The van der Waals surface area contributed by atoms with Gasteiger partial charge in [0.05, 0.1) is 12.4 Å². The van der Waals surface area contributed by atoms with Crippen molar-refractivity contribution in [3.8, 4) is 0 Å². The number of carbonyl (C=O) groups excluding carboxylic acids is 2. The van der Waals surface area contributed by atoms with Gasteiger partial charge in [-0.2, -0.15) is 11.8 Å². The van der Waals surface area contributed by atoms with E-state index >= 15 is 0 Å². The number of ether oxygens (including phenoxy) is 3. The molecule has 6 heteroatoms. The summed E-state index contributed by atoms with van der Waals surface area (Å²) in [6.45, 7) is 7.00. The van der Waals surface area contributed by atoms with Gasteiger partial charge in [0, 0.05) is 5.57 Å². The maximum absolute atomic E-state index is 11.7. The van der Waals surface area contributed by atoms with Gasteiger partial charge in [0.2, 0.25) is 6.29 Å². The predicted octanol–water partition coefficient (Wildman–Crippen LogP) is 1.52. The molecular weight excluding hydrogens is 256 g/mol. The van der Waals surface area contributed by atoms with E-state index in [1.165, 1.54) is 13.8 Å². The van der Waals surface area contributed by atoms with Gasteiger partial charge in [-0.3, -0.25) is 0 Å². The molecule has 0 aromatic rings. The topological polar surface area (TPSA) is 61.8 Å². The first-order chi connectivity index (χ1) is 8.50. The highest BCUT2D eigenvalue weighted by Crippen LogP contribution is 2.15. The maximum atomic E-state index is 11.7. The summed E-state index contributed by atoms with van der Waals surface area (Å²) in [6.07, 6.45) is -0.569. The average Bonchev–Trinajstić information content (AvgIpc) is 2.57. The third-order valence-electron chi connectivity index (χ3n) is 2.20. The van der Waals surface area contributed by atoms with Crippen molar-refractivity contribution >= 4 is 23.7 Å². The Balaban J connectivity index is 2.38. The molecule has 0 bridgehead atoms. The molecule has 1 saturated heterocycles. The van der Waals surface area contributed by atoms with Gasteiger partial charge in [0.15, 0.2) is 6.10 Å². The van der Waals surface area contributed by atoms with Gasteiger partial charge in [0.1, 0.15) is 0 Å². The standard InChI is InChI=1S/C12H18O5S/c1-8(2)11(13)16-9(3)12(14)17-10-7-18-6-4-5-15-10/h9-10H,1,4-7H2,2-3H3. The molecule has 18 heavy (non-hydrogen) atoms. The van der Waals surface area contributed by atoms with Crippen LogP contribution in [0, 0.1) is 0 Å². The quantitative estimate of drug-likeness (QED) is 0.572. The van der Waals surface area contributed by atoms with E-state index in [9.17, 15) is 9.59 Å². The fraction of sp³-hybridized carbons (Fsp3) is 0.667. The smallest absolute Gasteiger partial charge is 0.349 e. The lowest BCUT2D eigenvalue weighted by Crippen LogP contribution is -2.32. The fourth-order valence-corrected chi connectivity index (χ4v) is 2.05. The number of thioether (sulfide) groups is 1. The Labute approximate surface area is 111 Å². The van der Waals surface area contributed by atoms with E-state index in [4.69, 9.17) is 14.2 Å². The Morgan fingerprint density at radius 2 is 2.22 bits per heavy atom. The molecule has 0 saturated carbocycles. The van der Waals surface area contributed by atoms with Gasteiger partial charge in [-0.25, -0.2) is 9.59 Å². The number of rotatable bonds is 4. The second-order valence-electron chi connectivity index (χ2n) is 3.99. The molecule has 1 aliphatic heterocycles. The molecule has 5 nitrogen and oxygen atoms in total. The number of carbonyl (C=O) groups is 2. The van der Waals surface area contributed by atoms with Gasteiger partial charge < -0.3 is 14.2 Å². The Hall–Kier alpha value is -1.01. The molecule has 0 aliphatic carbocycles. The first-order valence-electron chi connectivity index (χ1n) is 5.77. The summed E-state index contributed by atoms with van der Waals surface area (Å²) in [7, 11) is 0. The molecule has 1 heterocycles. The molecule has 102 valence electrons. The molecular formula is C12H18O5S. The summed E-state index contributed by atoms with van der Waals surface area (Å²) in [4.78, 5) is 22.9. The Kier molecular flexibility index (Phi) is 6.21. The molecule has 1 fully saturated rings. The molecule has 0 radical (unpaired) electrons. The van der Waals surface area contributed by atoms with Gasteiger partial charge in [-0.15, -0.1) is 0 Å². The Morgan fingerprint density at radius 1 is 1.50 bits per heavy atom. The van der Waals surface area contributed by atoms with Crippen LogP contribution in [0.4, 0.5) is 0 Å². The van der Waals surface area contributed by atoms with Crippen LogP contribution in [0.1, 0.15) is 20.3 Å². The van der Waals surface area contributed by atoms with Crippen molar-refractivity contribution in [3.05, 3.63) is 12.2 Å². The third-order valence-corrected chi connectivity index (χ3v) is 3.29. The highest BCUT2D eigenvalue weighted by molar-refractivity contribution is 7.99. The van der Waals surface area contributed by atoms with Crippen LogP contribution < -0.4 is 0 Å². The van der Waals surface area contributed by atoms with Crippen LogP contribution in [0.3, 0.4) is 0 Å². The largest absolute Gasteiger partial charge is 0.447 e. The normalized spacial score (nSPS) is 21.6. The Bertz CT molecular complexity index is 320. The molecule has 0 aromatic carbocycles. The highest BCUT2D eigenvalue weighted by atomic mass is 32.2. The Morgan fingerprint density at radius 3 is 2.89 bits per heavy atom. The zero-order valence-corrected chi connectivity index (χ0v) is 11.5. The molecule has 0 spiro atoms. The van der Waals surface area contributed by atoms with E-state index < -0.39 is 24.3 Å². The zero-order valence-electron chi connectivity index (χ0n) is 10.6. The molecule has 0 aromatic heterocycles. The summed E-state index contributed by atoms with van der Waals surface area (Å²) < 4.78 is 15.4. The van der Waals surface area contributed by atoms with Crippen LogP contribution in [-0.4, -0.2) is 42.4 Å². The van der Waals surface area contributed by atoms with Crippen molar-refractivity contribution in [2.75, 3.05) is 18.1 Å². The number of esters is 2. The monoisotopic (exact) mass is 274 g/mol. The van der Waals surface area contributed by atoms with E-state index in [-0.39, 0.29) is 5.57 Å². The summed E-state index contributed by atoms with van der Waals surface area (Å²) in [5, 5.41) is 0. The van der Waals surface area contributed by atoms with Crippen LogP contribution in [0.25, 0.3) is 0 Å². The van der Waals surface area contributed by atoms with Crippen molar-refractivity contribution < 1.29 is 23.8 Å². The van der Waals surface area contributed by atoms with Crippen LogP contribution in [0.5, 0.6) is 0 Å². The maximum Gasteiger partial charge on any atom is 0.349 e. The molecule has 2 atom stereocenters. The van der Waals surface area contributed by atoms with Crippen molar-refractivity contribution in [1.29, 1.82) is 0 Å². The minimum absolute atomic E-state index is 0.246. The van der Waals surface area contributed by atoms with Crippen LogP contribution in [-0.2, 0) is 23.8 Å². The van der Waals surface area contributed by atoms with Crippen LogP contribution in [0.15, 0.2) is 12.2 Å².